The zero-order valence-electron chi connectivity index (χ0n) is 15.4. The van der Waals surface area contributed by atoms with Crippen molar-refractivity contribution in [3.63, 3.8) is 0 Å². The van der Waals surface area contributed by atoms with Gasteiger partial charge in [-0.05, 0) is 55.3 Å². The van der Waals surface area contributed by atoms with Crippen LogP contribution in [0, 0.1) is 5.82 Å². The molecule has 2 heterocycles. The van der Waals surface area contributed by atoms with E-state index in [-0.39, 0.29) is 17.3 Å². The third kappa shape index (κ3) is 3.75. The summed E-state index contributed by atoms with van der Waals surface area (Å²) in [5, 5.41) is 0.432. The third-order valence-electron chi connectivity index (χ3n) is 4.89. The molecular weight excluding hydrogens is 437 g/mol. The summed E-state index contributed by atoms with van der Waals surface area (Å²) in [5.74, 6) is -0.893. The molecular formula is C19H17ClFN3O3S2. The summed E-state index contributed by atoms with van der Waals surface area (Å²) in [4.78, 5) is 17.5. The average Bonchev–Trinajstić information content (AvgIpc) is 3.28. The van der Waals surface area contributed by atoms with Gasteiger partial charge >= 0.3 is 0 Å². The normalized spacial score (nSPS) is 18.6. The SMILES string of the molecule is Cn1c(=NC(=O)C2CCCN2S(=O)(=O)c2ccc(Cl)cc2)sc2cc(F)ccc21. The van der Waals surface area contributed by atoms with Gasteiger partial charge in [0, 0.05) is 18.6 Å². The number of hydrogen-bond donors (Lipinski definition) is 0. The van der Waals surface area contributed by atoms with E-state index >= 15 is 0 Å². The van der Waals surface area contributed by atoms with Crippen molar-refractivity contribution in [3.05, 3.63) is 58.1 Å². The van der Waals surface area contributed by atoms with Crippen molar-refractivity contribution < 1.29 is 17.6 Å². The average molecular weight is 454 g/mol. The number of benzene rings is 2. The minimum atomic E-state index is -3.84. The molecule has 0 bridgehead atoms. The van der Waals surface area contributed by atoms with Crippen LogP contribution in [0.1, 0.15) is 12.8 Å². The molecule has 1 unspecified atom stereocenters. The summed E-state index contributed by atoms with van der Waals surface area (Å²) in [7, 11) is -2.11. The van der Waals surface area contributed by atoms with Gasteiger partial charge in [0.1, 0.15) is 11.9 Å². The molecule has 1 saturated heterocycles. The number of nitrogens with zero attached hydrogens (tertiary/aromatic N) is 3. The van der Waals surface area contributed by atoms with Crippen LogP contribution in [-0.2, 0) is 21.9 Å². The van der Waals surface area contributed by atoms with E-state index in [0.717, 1.165) is 5.52 Å². The Morgan fingerprint density at radius 1 is 1.24 bits per heavy atom. The molecule has 0 radical (unpaired) electrons. The Morgan fingerprint density at radius 3 is 2.69 bits per heavy atom. The second kappa shape index (κ2) is 7.64. The Hall–Kier alpha value is -2.07. The molecule has 0 aliphatic carbocycles. The maximum atomic E-state index is 13.5. The summed E-state index contributed by atoms with van der Waals surface area (Å²) in [5.41, 5.74) is 0.750. The molecule has 3 aromatic rings. The number of fused-ring (bicyclic) bond motifs is 1. The minimum Gasteiger partial charge on any atom is -0.319 e. The zero-order chi connectivity index (χ0) is 20.8. The van der Waals surface area contributed by atoms with Crippen LogP contribution in [0.15, 0.2) is 52.4 Å². The Kier molecular flexibility index (Phi) is 5.32. The number of aromatic nitrogens is 1. The predicted octanol–water partition coefficient (Wildman–Crippen LogP) is 3.31. The number of sulfonamides is 1. The second-order valence-corrected chi connectivity index (χ2v) is 10.1. The first-order valence-corrected chi connectivity index (χ1v) is 11.5. The molecule has 1 amide bonds. The molecule has 4 rings (SSSR count). The summed E-state index contributed by atoms with van der Waals surface area (Å²) >= 11 is 7.03. The molecule has 0 spiro atoms. The number of thiazole rings is 1. The molecule has 1 aliphatic heterocycles. The largest absolute Gasteiger partial charge is 0.319 e. The number of carbonyl (C=O) groups excluding carboxylic acids is 1. The van der Waals surface area contributed by atoms with Crippen LogP contribution in [0.3, 0.4) is 0 Å². The standard InChI is InChI=1S/C19H17ClFN3O3S2/c1-23-15-9-6-13(21)11-17(15)28-19(23)22-18(25)16-3-2-10-24(16)29(26,27)14-7-4-12(20)5-8-14/h4-9,11,16H,2-3,10H2,1H3. The fourth-order valence-electron chi connectivity index (χ4n) is 3.40. The molecule has 10 heteroatoms. The van der Waals surface area contributed by atoms with Gasteiger partial charge in [-0.2, -0.15) is 9.30 Å². The number of aryl methyl sites for hydroxylation is 1. The number of rotatable bonds is 3. The van der Waals surface area contributed by atoms with E-state index in [2.05, 4.69) is 4.99 Å². The van der Waals surface area contributed by atoms with Crippen molar-refractivity contribution in [2.24, 2.45) is 12.0 Å². The first-order valence-electron chi connectivity index (χ1n) is 8.88. The van der Waals surface area contributed by atoms with Gasteiger partial charge in [0.2, 0.25) is 10.0 Å². The van der Waals surface area contributed by atoms with E-state index in [1.54, 1.807) is 17.7 Å². The molecule has 2 aromatic carbocycles. The van der Waals surface area contributed by atoms with Crippen molar-refractivity contribution in [3.8, 4) is 0 Å². The lowest BCUT2D eigenvalue weighted by Crippen LogP contribution is -2.40. The topological polar surface area (TPSA) is 71.7 Å². The number of halogens is 2. The van der Waals surface area contributed by atoms with Crippen molar-refractivity contribution in [1.82, 2.24) is 8.87 Å². The molecule has 6 nitrogen and oxygen atoms in total. The highest BCUT2D eigenvalue weighted by Gasteiger charge is 2.39. The highest BCUT2D eigenvalue weighted by atomic mass is 35.5. The Balaban J connectivity index is 1.69. The molecule has 1 fully saturated rings. The minimum absolute atomic E-state index is 0.0875. The van der Waals surface area contributed by atoms with E-state index in [1.165, 1.54) is 52.0 Å². The smallest absolute Gasteiger partial charge is 0.266 e. The summed E-state index contributed by atoms with van der Waals surface area (Å²) in [6.45, 7) is 0.251. The van der Waals surface area contributed by atoms with Gasteiger partial charge < -0.3 is 4.57 Å². The first-order chi connectivity index (χ1) is 13.8. The molecule has 1 aliphatic rings. The van der Waals surface area contributed by atoms with Crippen LogP contribution < -0.4 is 4.80 Å². The Labute approximate surface area is 175 Å². The monoisotopic (exact) mass is 453 g/mol. The highest BCUT2D eigenvalue weighted by molar-refractivity contribution is 7.89. The van der Waals surface area contributed by atoms with E-state index in [1.807, 2.05) is 0 Å². The zero-order valence-corrected chi connectivity index (χ0v) is 17.8. The third-order valence-corrected chi connectivity index (χ3v) is 8.16. The summed E-state index contributed by atoms with van der Waals surface area (Å²) < 4.78 is 43.0. The fraction of sp³-hybridized carbons (Fsp3) is 0.263. The van der Waals surface area contributed by atoms with E-state index < -0.39 is 22.0 Å². The van der Waals surface area contributed by atoms with Crippen molar-refractivity contribution in [2.75, 3.05) is 6.54 Å². The first kappa shape index (κ1) is 20.2. The van der Waals surface area contributed by atoms with Crippen molar-refractivity contribution in [2.45, 2.75) is 23.8 Å². The lowest BCUT2D eigenvalue weighted by molar-refractivity contribution is -0.121. The van der Waals surface area contributed by atoms with Gasteiger partial charge in [0.15, 0.2) is 4.80 Å². The van der Waals surface area contributed by atoms with Crippen LogP contribution in [0.25, 0.3) is 10.2 Å². The summed E-state index contributed by atoms with van der Waals surface area (Å²) in [6, 6.07) is 9.35. The van der Waals surface area contributed by atoms with Gasteiger partial charge in [-0.3, -0.25) is 4.79 Å². The molecule has 0 saturated carbocycles. The van der Waals surface area contributed by atoms with Crippen molar-refractivity contribution in [1.29, 1.82) is 0 Å². The van der Waals surface area contributed by atoms with Crippen LogP contribution >= 0.6 is 22.9 Å². The van der Waals surface area contributed by atoms with Crippen LogP contribution in [0.4, 0.5) is 4.39 Å². The van der Waals surface area contributed by atoms with Gasteiger partial charge in [0.05, 0.1) is 15.1 Å². The molecule has 152 valence electrons. The van der Waals surface area contributed by atoms with Gasteiger partial charge in [0.25, 0.3) is 5.91 Å². The van der Waals surface area contributed by atoms with Gasteiger partial charge in [-0.15, -0.1) is 0 Å². The quantitative estimate of drug-likeness (QED) is 0.610. The summed E-state index contributed by atoms with van der Waals surface area (Å²) in [6.07, 6.45) is 0.973. The Bertz CT molecular complexity index is 1270. The van der Waals surface area contributed by atoms with Gasteiger partial charge in [-0.25, -0.2) is 12.8 Å². The molecule has 0 N–H and O–H groups in total. The van der Waals surface area contributed by atoms with Crippen LogP contribution in [-0.4, -0.2) is 35.8 Å². The highest BCUT2D eigenvalue weighted by Crippen LogP contribution is 2.27. The van der Waals surface area contributed by atoms with Crippen LogP contribution in [0.5, 0.6) is 0 Å². The van der Waals surface area contributed by atoms with Gasteiger partial charge in [-0.1, -0.05) is 22.9 Å². The van der Waals surface area contributed by atoms with E-state index in [9.17, 15) is 17.6 Å². The van der Waals surface area contributed by atoms with E-state index in [0.29, 0.717) is 27.4 Å². The lowest BCUT2D eigenvalue weighted by Gasteiger charge is -2.21. The number of carbonyl (C=O) groups is 1. The number of hydrogen-bond acceptors (Lipinski definition) is 4. The lowest BCUT2D eigenvalue weighted by atomic mass is 10.2. The molecule has 1 atom stereocenters. The number of amides is 1. The Morgan fingerprint density at radius 2 is 1.97 bits per heavy atom. The van der Waals surface area contributed by atoms with Crippen LogP contribution in [0.2, 0.25) is 5.02 Å². The maximum absolute atomic E-state index is 13.5. The second-order valence-electron chi connectivity index (χ2n) is 6.73. The van der Waals surface area contributed by atoms with Crippen molar-refractivity contribution >= 4 is 49.1 Å². The fourth-order valence-corrected chi connectivity index (χ4v) is 6.23. The van der Waals surface area contributed by atoms with E-state index in [4.69, 9.17) is 11.6 Å². The predicted molar refractivity (Wildman–Crippen MR) is 110 cm³/mol. The maximum Gasteiger partial charge on any atom is 0.266 e. The molecule has 29 heavy (non-hydrogen) atoms. The molecule has 1 aromatic heterocycles.